The van der Waals surface area contributed by atoms with E-state index in [1.807, 2.05) is 6.07 Å². The van der Waals surface area contributed by atoms with Gasteiger partial charge in [0, 0.05) is 22.8 Å². The van der Waals surface area contributed by atoms with Gasteiger partial charge in [-0.05, 0) is 28.9 Å². The predicted octanol–water partition coefficient (Wildman–Crippen LogP) is 1.08. The van der Waals surface area contributed by atoms with Crippen molar-refractivity contribution in [3.63, 3.8) is 0 Å². The van der Waals surface area contributed by atoms with Gasteiger partial charge in [0.25, 0.3) is 0 Å². The number of hydrogen-bond acceptors (Lipinski definition) is 5. The number of halogens is 1. The highest BCUT2D eigenvalue weighted by molar-refractivity contribution is 9.10. The number of carbonyl (C=O) groups is 1. The number of nitrogens with two attached hydrogens (primary N) is 1. The zero-order valence-electron chi connectivity index (χ0n) is 9.16. The number of nitrogens with zero attached hydrogens (tertiary/aromatic N) is 1. The zero-order valence-corrected chi connectivity index (χ0v) is 10.7. The van der Waals surface area contributed by atoms with Crippen molar-refractivity contribution in [2.45, 2.75) is 19.5 Å². The van der Waals surface area contributed by atoms with Gasteiger partial charge in [-0.3, -0.25) is 4.79 Å². The van der Waals surface area contributed by atoms with Crippen LogP contribution in [0.15, 0.2) is 16.7 Å². The molecule has 1 aromatic heterocycles. The molecule has 1 rings (SSSR count). The number of ether oxygens (including phenoxy) is 1. The fourth-order valence-electron chi connectivity index (χ4n) is 1.16. The summed E-state index contributed by atoms with van der Waals surface area (Å²) in [4.78, 5) is 15.1. The number of nitrogen functional groups attached to an aromatic ring is 1. The molecular formula is C10H14BrN3O2. The summed E-state index contributed by atoms with van der Waals surface area (Å²) >= 11 is 3.31. The Labute approximate surface area is 103 Å². The van der Waals surface area contributed by atoms with E-state index in [9.17, 15) is 4.79 Å². The van der Waals surface area contributed by atoms with Crippen LogP contribution in [-0.2, 0) is 16.1 Å². The number of anilines is 1. The Hall–Kier alpha value is -1.14. The molecular weight excluding hydrogens is 274 g/mol. The topological polar surface area (TPSA) is 77.2 Å². The standard InChI is InChI=1S/C10H14BrN3O2/c1-6(10(15)16-2)13-4-7-3-8(11)5-14-9(7)12/h3,5-6,13H,4H2,1-2H3,(H2,12,14)/t6-/m1/s1. The van der Waals surface area contributed by atoms with Crippen molar-refractivity contribution in [1.29, 1.82) is 0 Å². The summed E-state index contributed by atoms with van der Waals surface area (Å²) in [7, 11) is 1.36. The zero-order chi connectivity index (χ0) is 12.1. The minimum atomic E-state index is -0.372. The highest BCUT2D eigenvalue weighted by atomic mass is 79.9. The molecule has 88 valence electrons. The van der Waals surface area contributed by atoms with Gasteiger partial charge in [0.15, 0.2) is 0 Å². The fraction of sp³-hybridized carbons (Fsp3) is 0.400. The van der Waals surface area contributed by atoms with Gasteiger partial charge >= 0.3 is 5.97 Å². The van der Waals surface area contributed by atoms with Crippen LogP contribution in [0.1, 0.15) is 12.5 Å². The summed E-state index contributed by atoms with van der Waals surface area (Å²) in [6, 6.07) is 1.49. The lowest BCUT2D eigenvalue weighted by atomic mass is 10.2. The Balaban J connectivity index is 2.60. The van der Waals surface area contributed by atoms with E-state index < -0.39 is 0 Å². The Bertz CT molecular complexity index is 384. The first-order valence-electron chi connectivity index (χ1n) is 4.75. The van der Waals surface area contributed by atoms with Crippen LogP contribution < -0.4 is 11.1 Å². The normalized spacial score (nSPS) is 12.2. The number of carbonyl (C=O) groups excluding carboxylic acids is 1. The van der Waals surface area contributed by atoms with Crippen LogP contribution in [0.25, 0.3) is 0 Å². The minimum Gasteiger partial charge on any atom is -0.468 e. The van der Waals surface area contributed by atoms with Gasteiger partial charge in [0.2, 0.25) is 0 Å². The van der Waals surface area contributed by atoms with Crippen molar-refractivity contribution in [2.75, 3.05) is 12.8 Å². The molecule has 0 amide bonds. The van der Waals surface area contributed by atoms with Crippen LogP contribution in [0, 0.1) is 0 Å². The number of rotatable bonds is 4. The molecule has 16 heavy (non-hydrogen) atoms. The molecule has 0 aliphatic heterocycles. The Kier molecular flexibility index (Phi) is 4.70. The molecule has 0 fully saturated rings. The number of esters is 1. The van der Waals surface area contributed by atoms with Gasteiger partial charge < -0.3 is 15.8 Å². The van der Waals surface area contributed by atoms with Gasteiger partial charge in [-0.25, -0.2) is 4.98 Å². The smallest absolute Gasteiger partial charge is 0.322 e. The predicted molar refractivity (Wildman–Crippen MR) is 64.7 cm³/mol. The average Bonchev–Trinajstić information content (AvgIpc) is 2.28. The van der Waals surface area contributed by atoms with E-state index >= 15 is 0 Å². The lowest BCUT2D eigenvalue weighted by Gasteiger charge is -2.12. The Morgan fingerprint density at radius 2 is 2.44 bits per heavy atom. The molecule has 0 saturated heterocycles. The molecule has 6 heteroatoms. The molecule has 0 aromatic carbocycles. The van der Waals surface area contributed by atoms with E-state index in [-0.39, 0.29) is 12.0 Å². The van der Waals surface area contributed by atoms with Crippen LogP contribution in [0.3, 0.4) is 0 Å². The van der Waals surface area contributed by atoms with Crippen molar-refractivity contribution in [2.24, 2.45) is 0 Å². The van der Waals surface area contributed by atoms with Crippen LogP contribution in [-0.4, -0.2) is 24.1 Å². The van der Waals surface area contributed by atoms with E-state index in [0.29, 0.717) is 12.4 Å². The maximum absolute atomic E-state index is 11.1. The number of methoxy groups -OCH3 is 1. The second kappa shape index (κ2) is 5.81. The summed E-state index contributed by atoms with van der Waals surface area (Å²) < 4.78 is 5.45. The summed E-state index contributed by atoms with van der Waals surface area (Å²) in [6.45, 7) is 2.20. The van der Waals surface area contributed by atoms with Gasteiger partial charge in [0.05, 0.1) is 7.11 Å². The van der Waals surface area contributed by atoms with Crippen LogP contribution >= 0.6 is 15.9 Å². The monoisotopic (exact) mass is 287 g/mol. The quantitative estimate of drug-likeness (QED) is 0.811. The summed E-state index contributed by atoms with van der Waals surface area (Å²) in [5, 5.41) is 3.00. The highest BCUT2D eigenvalue weighted by Gasteiger charge is 2.12. The molecule has 0 spiro atoms. The first-order valence-corrected chi connectivity index (χ1v) is 5.55. The van der Waals surface area contributed by atoms with Crippen molar-refractivity contribution in [3.05, 3.63) is 22.3 Å². The molecule has 0 aliphatic carbocycles. The Morgan fingerprint density at radius 1 is 1.75 bits per heavy atom. The van der Waals surface area contributed by atoms with Gasteiger partial charge in [0.1, 0.15) is 11.9 Å². The first kappa shape index (κ1) is 12.9. The largest absolute Gasteiger partial charge is 0.468 e. The van der Waals surface area contributed by atoms with Gasteiger partial charge in [-0.1, -0.05) is 0 Å². The van der Waals surface area contributed by atoms with E-state index in [1.54, 1.807) is 13.1 Å². The molecule has 1 atom stereocenters. The highest BCUT2D eigenvalue weighted by Crippen LogP contribution is 2.15. The average molecular weight is 288 g/mol. The van der Waals surface area contributed by atoms with Crippen molar-refractivity contribution in [1.82, 2.24) is 10.3 Å². The molecule has 0 bridgehead atoms. The number of pyridine rings is 1. The molecule has 0 aliphatic rings. The summed E-state index contributed by atoms with van der Waals surface area (Å²) in [6.07, 6.45) is 1.63. The summed E-state index contributed by atoms with van der Waals surface area (Å²) in [5.74, 6) is 0.147. The van der Waals surface area contributed by atoms with Crippen molar-refractivity contribution >= 4 is 27.7 Å². The van der Waals surface area contributed by atoms with Gasteiger partial charge in [-0.15, -0.1) is 0 Å². The fourth-order valence-corrected chi connectivity index (χ4v) is 1.54. The lowest BCUT2D eigenvalue weighted by molar-refractivity contribution is -0.142. The van der Waals surface area contributed by atoms with E-state index in [0.717, 1.165) is 10.0 Å². The SMILES string of the molecule is COC(=O)[C@@H](C)NCc1cc(Br)cnc1N. The van der Waals surface area contributed by atoms with Crippen molar-refractivity contribution in [3.8, 4) is 0 Å². The third-order valence-corrected chi connectivity index (χ3v) is 2.56. The Morgan fingerprint density at radius 3 is 3.06 bits per heavy atom. The second-order valence-corrected chi connectivity index (χ2v) is 4.24. The molecule has 0 unspecified atom stereocenters. The molecule has 1 heterocycles. The van der Waals surface area contributed by atoms with E-state index in [2.05, 4.69) is 31.0 Å². The molecule has 0 radical (unpaired) electrons. The maximum Gasteiger partial charge on any atom is 0.322 e. The van der Waals surface area contributed by atoms with E-state index in [4.69, 9.17) is 5.73 Å². The van der Waals surface area contributed by atoms with Crippen LogP contribution in [0.4, 0.5) is 5.82 Å². The number of nitrogens with one attached hydrogen (secondary N) is 1. The van der Waals surface area contributed by atoms with Gasteiger partial charge in [-0.2, -0.15) is 0 Å². The summed E-state index contributed by atoms with van der Waals surface area (Å²) in [5.41, 5.74) is 6.53. The van der Waals surface area contributed by atoms with E-state index in [1.165, 1.54) is 7.11 Å². The maximum atomic E-state index is 11.1. The van der Waals surface area contributed by atoms with Crippen molar-refractivity contribution < 1.29 is 9.53 Å². The number of hydrogen-bond donors (Lipinski definition) is 2. The molecule has 1 aromatic rings. The first-order chi connectivity index (χ1) is 7.54. The molecule has 5 nitrogen and oxygen atoms in total. The second-order valence-electron chi connectivity index (χ2n) is 3.32. The molecule has 0 saturated carbocycles. The lowest BCUT2D eigenvalue weighted by Crippen LogP contribution is -2.34. The third kappa shape index (κ3) is 3.46. The minimum absolute atomic E-state index is 0.304. The molecule has 3 N–H and O–H groups in total. The van der Waals surface area contributed by atoms with Crippen LogP contribution in [0.5, 0.6) is 0 Å². The van der Waals surface area contributed by atoms with Crippen LogP contribution in [0.2, 0.25) is 0 Å². The third-order valence-electron chi connectivity index (χ3n) is 2.12. The number of aromatic nitrogens is 1.